The number of nitrogens with one attached hydrogen (secondary N) is 2. The van der Waals surface area contributed by atoms with Gasteiger partial charge in [-0.15, -0.1) is 0 Å². The second kappa shape index (κ2) is 11.4. The van der Waals surface area contributed by atoms with Gasteiger partial charge < -0.3 is 28.4 Å². The summed E-state index contributed by atoms with van der Waals surface area (Å²) >= 11 is 12.1. The van der Waals surface area contributed by atoms with Crippen LogP contribution in [0.1, 0.15) is 22.3 Å². The Kier molecular flexibility index (Phi) is 8.84. The van der Waals surface area contributed by atoms with E-state index in [1.807, 2.05) is 18.2 Å². The Morgan fingerprint density at radius 2 is 1.76 bits per heavy atom. The Hall–Kier alpha value is -2.29. The van der Waals surface area contributed by atoms with Crippen molar-refractivity contribution in [3.8, 4) is 0 Å². The maximum Gasteiger partial charge on any atom is 0.319 e. The Morgan fingerprint density at radius 1 is 1.00 bits per heavy atom. The number of hydrogen-bond donors (Lipinski definition) is 3. The van der Waals surface area contributed by atoms with E-state index < -0.39 is 15.9 Å². The topological polar surface area (TPSA) is 91.9 Å². The SMILES string of the molecule is O=C(NCc1cccc(Cl)c1Cl)Nc1ccc(S(=O)(=O)Cc2ccc3c(c2)CC[NH2+]C3)cc1.[Cl-]. The molecule has 34 heavy (non-hydrogen) atoms. The molecule has 10 heteroatoms. The van der Waals surface area contributed by atoms with Crippen molar-refractivity contribution < 1.29 is 30.9 Å². The molecule has 6 nitrogen and oxygen atoms in total. The minimum atomic E-state index is -3.50. The van der Waals surface area contributed by atoms with Gasteiger partial charge >= 0.3 is 6.03 Å². The molecule has 0 radical (unpaired) electrons. The molecule has 4 N–H and O–H groups in total. The summed E-state index contributed by atoms with van der Waals surface area (Å²) in [5.74, 6) is -0.0579. The van der Waals surface area contributed by atoms with Crippen LogP contribution < -0.4 is 28.4 Å². The first-order valence-electron chi connectivity index (χ1n) is 10.5. The van der Waals surface area contributed by atoms with Crippen molar-refractivity contribution in [1.29, 1.82) is 0 Å². The number of quaternary nitrogens is 1. The van der Waals surface area contributed by atoms with Crippen LogP contribution in [0.25, 0.3) is 0 Å². The lowest BCUT2D eigenvalue weighted by atomic mass is 9.99. The number of sulfone groups is 1. The minimum absolute atomic E-state index is 0. The van der Waals surface area contributed by atoms with Gasteiger partial charge in [0, 0.05) is 24.2 Å². The summed E-state index contributed by atoms with van der Waals surface area (Å²) in [6.45, 7) is 2.17. The summed E-state index contributed by atoms with van der Waals surface area (Å²) in [6, 6.07) is 16.8. The molecule has 4 rings (SSSR count). The fourth-order valence-corrected chi connectivity index (χ4v) is 5.52. The molecule has 0 atom stereocenters. The zero-order chi connectivity index (χ0) is 23.4. The highest BCUT2D eigenvalue weighted by atomic mass is 35.5. The van der Waals surface area contributed by atoms with Crippen molar-refractivity contribution in [2.24, 2.45) is 0 Å². The molecule has 0 saturated carbocycles. The second-order valence-corrected chi connectivity index (χ2v) is 10.7. The van der Waals surface area contributed by atoms with Gasteiger partial charge in [0.1, 0.15) is 6.54 Å². The van der Waals surface area contributed by atoms with Crippen molar-refractivity contribution in [2.45, 2.75) is 30.2 Å². The van der Waals surface area contributed by atoms with E-state index in [1.165, 1.54) is 23.3 Å². The Balaban J connectivity index is 0.00000324. The van der Waals surface area contributed by atoms with E-state index in [2.05, 4.69) is 16.0 Å². The molecule has 2 amide bonds. The molecule has 0 aromatic heterocycles. The first-order valence-corrected chi connectivity index (χ1v) is 13.0. The van der Waals surface area contributed by atoms with E-state index in [0.29, 0.717) is 21.3 Å². The van der Waals surface area contributed by atoms with Crippen LogP contribution in [-0.4, -0.2) is 21.0 Å². The zero-order valence-electron chi connectivity index (χ0n) is 18.2. The largest absolute Gasteiger partial charge is 1.00 e. The number of nitrogens with two attached hydrogens (primary N) is 1. The van der Waals surface area contributed by atoms with E-state index in [1.54, 1.807) is 30.3 Å². The third kappa shape index (κ3) is 6.43. The zero-order valence-corrected chi connectivity index (χ0v) is 21.2. The van der Waals surface area contributed by atoms with Crippen molar-refractivity contribution in [3.05, 3.63) is 93.0 Å². The Labute approximate surface area is 215 Å². The van der Waals surface area contributed by atoms with Gasteiger partial charge in [0.2, 0.25) is 0 Å². The molecule has 3 aromatic carbocycles. The van der Waals surface area contributed by atoms with Gasteiger partial charge in [0.15, 0.2) is 9.84 Å². The molecule has 180 valence electrons. The summed E-state index contributed by atoms with van der Waals surface area (Å²) in [5, 5.41) is 8.45. The predicted octanol–water partition coefficient (Wildman–Crippen LogP) is 0.912. The molecule has 1 heterocycles. The smallest absolute Gasteiger partial charge is 0.319 e. The van der Waals surface area contributed by atoms with Gasteiger partial charge in [-0.2, -0.15) is 0 Å². The van der Waals surface area contributed by atoms with Gasteiger partial charge in [-0.3, -0.25) is 0 Å². The Morgan fingerprint density at radius 3 is 2.53 bits per heavy atom. The highest BCUT2D eigenvalue weighted by Crippen LogP contribution is 2.25. The van der Waals surface area contributed by atoms with Crippen molar-refractivity contribution in [3.63, 3.8) is 0 Å². The van der Waals surface area contributed by atoms with Gasteiger partial charge in [-0.05, 0) is 47.0 Å². The lowest BCUT2D eigenvalue weighted by molar-refractivity contribution is -0.673. The summed E-state index contributed by atoms with van der Waals surface area (Å²) in [6.07, 6.45) is 0.954. The normalized spacial score (nSPS) is 12.9. The second-order valence-electron chi connectivity index (χ2n) is 7.94. The molecule has 1 aliphatic heterocycles. The molecule has 3 aromatic rings. The molecule has 0 aliphatic carbocycles. The lowest BCUT2D eigenvalue weighted by Gasteiger charge is -2.15. The van der Waals surface area contributed by atoms with E-state index in [0.717, 1.165) is 25.1 Å². The quantitative estimate of drug-likeness (QED) is 0.434. The van der Waals surface area contributed by atoms with Gasteiger partial charge in [-0.1, -0.05) is 53.5 Å². The molecule has 0 fully saturated rings. The minimum Gasteiger partial charge on any atom is -1.00 e. The number of carbonyl (C=O) groups is 1. The van der Waals surface area contributed by atoms with Crippen LogP contribution in [0.15, 0.2) is 65.6 Å². The van der Waals surface area contributed by atoms with Crippen LogP contribution in [0.4, 0.5) is 10.5 Å². The summed E-state index contributed by atoms with van der Waals surface area (Å²) in [7, 11) is -3.50. The van der Waals surface area contributed by atoms with Crippen molar-refractivity contribution in [1.82, 2.24) is 5.32 Å². The number of fused-ring (bicyclic) bond motifs is 1. The number of halogens is 3. The molecule has 0 saturated heterocycles. The molecular weight excluding hydrogens is 517 g/mol. The van der Waals surface area contributed by atoms with E-state index in [9.17, 15) is 13.2 Å². The van der Waals surface area contributed by atoms with Crippen LogP contribution in [-0.2, 0) is 35.1 Å². The number of carbonyl (C=O) groups excluding carboxylic acids is 1. The van der Waals surface area contributed by atoms with E-state index in [4.69, 9.17) is 23.2 Å². The fourth-order valence-electron chi connectivity index (χ4n) is 3.80. The van der Waals surface area contributed by atoms with Crippen LogP contribution >= 0.6 is 23.2 Å². The highest BCUT2D eigenvalue weighted by Gasteiger charge is 2.18. The first-order chi connectivity index (χ1) is 15.8. The number of rotatable bonds is 6. The number of anilines is 1. The molecular formula is C24H24Cl3N3O3S. The van der Waals surface area contributed by atoms with Gasteiger partial charge in [-0.25, -0.2) is 13.2 Å². The molecule has 0 spiro atoms. The Bertz CT molecular complexity index is 1280. The average molecular weight is 541 g/mol. The summed E-state index contributed by atoms with van der Waals surface area (Å²) in [5.41, 5.74) is 4.47. The fraction of sp³-hybridized carbons (Fsp3) is 0.208. The molecule has 1 aliphatic rings. The number of urea groups is 1. The standard InChI is InChI=1S/C24H23Cl2N3O3S.ClH/c25-22-3-1-2-19(23(22)26)14-28-24(30)29-20-6-8-21(9-7-20)33(31,32)15-16-4-5-18-13-27-11-10-17(18)12-16;/h1-9,12,27H,10-11,13-15H2,(H2,28,29,30);1H. The third-order valence-corrected chi connectivity index (χ3v) is 8.11. The summed E-state index contributed by atoms with van der Waals surface area (Å²) in [4.78, 5) is 12.4. The van der Waals surface area contributed by atoms with Gasteiger partial charge in [0.05, 0.1) is 27.2 Å². The van der Waals surface area contributed by atoms with Crippen LogP contribution in [0.2, 0.25) is 10.0 Å². The summed E-state index contributed by atoms with van der Waals surface area (Å²) < 4.78 is 25.8. The predicted molar refractivity (Wildman–Crippen MR) is 130 cm³/mol. The number of benzene rings is 3. The first kappa shape index (κ1) is 26.3. The highest BCUT2D eigenvalue weighted by molar-refractivity contribution is 7.90. The van der Waals surface area contributed by atoms with E-state index >= 15 is 0 Å². The maximum atomic E-state index is 12.9. The third-order valence-electron chi connectivity index (χ3n) is 5.55. The van der Waals surface area contributed by atoms with Crippen molar-refractivity contribution in [2.75, 3.05) is 11.9 Å². The van der Waals surface area contributed by atoms with E-state index in [-0.39, 0.29) is 29.6 Å². The number of hydrogen-bond acceptors (Lipinski definition) is 3. The maximum absolute atomic E-state index is 12.9. The molecule has 0 bridgehead atoms. The lowest BCUT2D eigenvalue weighted by Crippen LogP contribution is -3.00. The van der Waals surface area contributed by atoms with Gasteiger partial charge in [0.25, 0.3) is 0 Å². The molecule has 0 unspecified atom stereocenters. The van der Waals surface area contributed by atoms with Crippen LogP contribution in [0, 0.1) is 0 Å². The average Bonchev–Trinajstić information content (AvgIpc) is 2.80. The monoisotopic (exact) mass is 539 g/mol. The van der Waals surface area contributed by atoms with Crippen LogP contribution in [0.3, 0.4) is 0 Å². The van der Waals surface area contributed by atoms with Crippen molar-refractivity contribution >= 4 is 44.8 Å². The number of amides is 2. The van der Waals surface area contributed by atoms with Crippen LogP contribution in [0.5, 0.6) is 0 Å².